The number of halogens is 2. The minimum Gasteiger partial charge on any atom is -0.378 e. The predicted molar refractivity (Wildman–Crippen MR) is 120 cm³/mol. The molecule has 1 saturated carbocycles. The molecule has 3 atom stereocenters. The van der Waals surface area contributed by atoms with Crippen molar-refractivity contribution in [3.63, 3.8) is 0 Å². The van der Waals surface area contributed by atoms with Crippen molar-refractivity contribution < 1.29 is 9.53 Å². The summed E-state index contributed by atoms with van der Waals surface area (Å²) in [7, 11) is 4.06. The van der Waals surface area contributed by atoms with Crippen molar-refractivity contribution >= 4 is 30.7 Å². The molecule has 0 saturated heterocycles. The maximum Gasteiger partial charge on any atom is 0.240 e. The van der Waals surface area contributed by atoms with Gasteiger partial charge < -0.3 is 20.7 Å². The third kappa shape index (κ3) is 5.19. The monoisotopic (exact) mass is 433 g/mol. The van der Waals surface area contributed by atoms with Gasteiger partial charge in [-0.2, -0.15) is 0 Å². The summed E-state index contributed by atoms with van der Waals surface area (Å²) in [5.41, 5.74) is 7.73. The molecule has 1 amide bonds. The van der Waals surface area contributed by atoms with Crippen LogP contribution in [0.25, 0.3) is 0 Å². The van der Waals surface area contributed by atoms with Crippen LogP contribution in [-0.2, 0) is 16.0 Å². The second-order valence-corrected chi connectivity index (χ2v) is 8.13. The van der Waals surface area contributed by atoms with Gasteiger partial charge in [-0.1, -0.05) is 45.0 Å². The number of amides is 1. The minimum atomic E-state index is -0.879. The molecule has 0 spiro atoms. The van der Waals surface area contributed by atoms with Crippen LogP contribution in [0.2, 0.25) is 0 Å². The van der Waals surface area contributed by atoms with Crippen LogP contribution in [0.3, 0.4) is 0 Å². The molecular weight excluding hydrogens is 397 g/mol. The lowest BCUT2D eigenvalue weighted by atomic mass is 9.54. The summed E-state index contributed by atoms with van der Waals surface area (Å²) < 4.78 is 5.73. The van der Waals surface area contributed by atoms with Crippen molar-refractivity contribution in [3.8, 4) is 0 Å². The Balaban J connectivity index is 0.00000364. The van der Waals surface area contributed by atoms with E-state index in [2.05, 4.69) is 41.4 Å². The van der Waals surface area contributed by atoms with E-state index in [0.717, 1.165) is 6.42 Å². The third-order valence-electron chi connectivity index (χ3n) is 6.09. The van der Waals surface area contributed by atoms with Crippen molar-refractivity contribution in [2.45, 2.75) is 58.2 Å². The molecule has 2 rings (SSSR count). The first-order valence-corrected chi connectivity index (χ1v) is 9.61. The molecule has 162 valence electrons. The molecule has 28 heavy (non-hydrogen) atoms. The Morgan fingerprint density at radius 2 is 1.82 bits per heavy atom. The first-order chi connectivity index (χ1) is 12.2. The van der Waals surface area contributed by atoms with Crippen LogP contribution in [0.5, 0.6) is 0 Å². The lowest BCUT2D eigenvalue weighted by Crippen LogP contribution is -2.76. The molecule has 0 aromatic heterocycles. The Morgan fingerprint density at radius 1 is 1.25 bits per heavy atom. The smallest absolute Gasteiger partial charge is 0.240 e. The van der Waals surface area contributed by atoms with Gasteiger partial charge in [0.25, 0.3) is 0 Å². The van der Waals surface area contributed by atoms with Crippen LogP contribution in [-0.4, -0.2) is 49.7 Å². The van der Waals surface area contributed by atoms with Crippen LogP contribution in [0.15, 0.2) is 24.3 Å². The quantitative estimate of drug-likeness (QED) is 0.659. The molecule has 0 aliphatic heterocycles. The van der Waals surface area contributed by atoms with Crippen LogP contribution in [0.1, 0.15) is 51.3 Å². The minimum absolute atomic E-state index is 0. The average molecular weight is 434 g/mol. The van der Waals surface area contributed by atoms with Gasteiger partial charge in [0.2, 0.25) is 5.91 Å². The van der Waals surface area contributed by atoms with Gasteiger partial charge in [0.05, 0.1) is 12.1 Å². The molecule has 0 bridgehead atoms. The van der Waals surface area contributed by atoms with E-state index >= 15 is 0 Å². The van der Waals surface area contributed by atoms with Crippen molar-refractivity contribution in [2.24, 2.45) is 11.1 Å². The number of nitrogens with one attached hydrogen (secondary N) is 1. The summed E-state index contributed by atoms with van der Waals surface area (Å²) in [5, 5.41) is 3.09. The number of likely N-dealkylation sites (N-methyl/N-ethyl adjacent to an activating group) is 1. The molecule has 0 heterocycles. The SMILES string of the molecule is CCOC1CC(N)(C(=O)NCC(c2ccc(CC)cc2)N(C)C)C1(C)C.Cl.Cl. The fourth-order valence-corrected chi connectivity index (χ4v) is 3.74. The van der Waals surface area contributed by atoms with Crippen molar-refractivity contribution in [1.29, 1.82) is 0 Å². The van der Waals surface area contributed by atoms with Gasteiger partial charge in [-0.15, -0.1) is 24.8 Å². The van der Waals surface area contributed by atoms with E-state index in [1.165, 1.54) is 11.1 Å². The molecule has 1 aromatic rings. The summed E-state index contributed by atoms with van der Waals surface area (Å²) >= 11 is 0. The molecule has 3 unspecified atom stereocenters. The highest BCUT2D eigenvalue weighted by Crippen LogP contribution is 2.49. The van der Waals surface area contributed by atoms with E-state index < -0.39 is 5.54 Å². The van der Waals surface area contributed by atoms with Crippen molar-refractivity contribution in [2.75, 3.05) is 27.2 Å². The molecule has 1 fully saturated rings. The highest BCUT2D eigenvalue weighted by atomic mass is 35.5. The van der Waals surface area contributed by atoms with Gasteiger partial charge in [0, 0.05) is 25.0 Å². The number of ether oxygens (including phenoxy) is 1. The van der Waals surface area contributed by atoms with Crippen LogP contribution < -0.4 is 11.1 Å². The Labute approximate surface area is 182 Å². The zero-order valence-corrected chi connectivity index (χ0v) is 19.6. The van der Waals surface area contributed by atoms with Crippen LogP contribution in [0, 0.1) is 5.41 Å². The Bertz CT molecular complexity index is 623. The number of nitrogens with two attached hydrogens (primary N) is 1. The summed E-state index contributed by atoms with van der Waals surface area (Å²) in [5.74, 6) is -0.0875. The lowest BCUT2D eigenvalue weighted by molar-refractivity contribution is -0.170. The maximum absolute atomic E-state index is 12.9. The Hall–Kier alpha value is -0.850. The number of carbonyl (C=O) groups is 1. The van der Waals surface area contributed by atoms with Gasteiger partial charge in [0.1, 0.15) is 5.54 Å². The highest BCUT2D eigenvalue weighted by molar-refractivity contribution is 5.88. The number of hydrogen-bond acceptors (Lipinski definition) is 4. The van der Waals surface area contributed by atoms with E-state index in [9.17, 15) is 4.79 Å². The molecule has 1 aliphatic rings. The van der Waals surface area contributed by atoms with Crippen molar-refractivity contribution in [1.82, 2.24) is 10.2 Å². The predicted octanol–water partition coefficient (Wildman–Crippen LogP) is 3.34. The number of carbonyl (C=O) groups excluding carboxylic acids is 1. The second-order valence-electron chi connectivity index (χ2n) is 8.13. The summed E-state index contributed by atoms with van der Waals surface area (Å²) in [6.45, 7) is 9.33. The third-order valence-corrected chi connectivity index (χ3v) is 6.09. The van der Waals surface area contributed by atoms with Gasteiger partial charge in [-0.05, 0) is 38.6 Å². The molecule has 3 N–H and O–H groups in total. The Morgan fingerprint density at radius 3 is 2.25 bits per heavy atom. The Kier molecular flexibility index (Phi) is 10.5. The first kappa shape index (κ1) is 27.1. The number of nitrogens with zero attached hydrogens (tertiary/aromatic N) is 1. The van der Waals surface area contributed by atoms with E-state index in [4.69, 9.17) is 10.5 Å². The molecular formula is C21H37Cl2N3O2. The molecule has 1 aromatic carbocycles. The second kappa shape index (κ2) is 10.8. The van der Waals surface area contributed by atoms with Crippen LogP contribution in [0.4, 0.5) is 0 Å². The fourth-order valence-electron chi connectivity index (χ4n) is 3.74. The maximum atomic E-state index is 12.9. The molecule has 5 nitrogen and oxygen atoms in total. The van der Waals surface area contributed by atoms with E-state index in [1.807, 2.05) is 34.9 Å². The first-order valence-electron chi connectivity index (χ1n) is 9.61. The summed E-state index contributed by atoms with van der Waals surface area (Å²) in [4.78, 5) is 15.0. The van der Waals surface area contributed by atoms with Crippen LogP contribution >= 0.6 is 24.8 Å². The van der Waals surface area contributed by atoms with Gasteiger partial charge >= 0.3 is 0 Å². The lowest BCUT2D eigenvalue weighted by Gasteiger charge is -2.57. The summed E-state index contributed by atoms with van der Waals surface area (Å²) in [6.07, 6.45) is 1.63. The number of benzene rings is 1. The number of rotatable bonds is 8. The largest absolute Gasteiger partial charge is 0.378 e. The van der Waals surface area contributed by atoms with Crippen molar-refractivity contribution in [3.05, 3.63) is 35.4 Å². The average Bonchev–Trinajstić information content (AvgIpc) is 2.61. The zero-order chi connectivity index (χ0) is 19.5. The van der Waals surface area contributed by atoms with E-state index in [-0.39, 0.29) is 48.3 Å². The highest BCUT2D eigenvalue weighted by Gasteiger charge is 2.62. The number of aryl methyl sites for hydroxylation is 1. The van der Waals surface area contributed by atoms with Gasteiger partial charge in [-0.3, -0.25) is 4.79 Å². The summed E-state index contributed by atoms with van der Waals surface area (Å²) in [6, 6.07) is 8.71. The normalized spacial score (nSPS) is 23.8. The van der Waals surface area contributed by atoms with E-state index in [1.54, 1.807) is 0 Å². The zero-order valence-electron chi connectivity index (χ0n) is 18.0. The standard InChI is InChI=1S/C21H35N3O2.2ClH/c1-7-15-9-11-16(12-10-15)17(24(5)6)14-23-19(25)21(22)13-18(26-8-2)20(21,3)4;;/h9-12,17-18H,7-8,13-14,22H2,1-6H3,(H,23,25);2*1H. The fraction of sp³-hybridized carbons (Fsp3) is 0.667. The molecule has 7 heteroatoms. The van der Waals surface area contributed by atoms with Gasteiger partial charge in [0.15, 0.2) is 0 Å². The molecule has 0 radical (unpaired) electrons. The molecule has 1 aliphatic carbocycles. The van der Waals surface area contributed by atoms with E-state index in [0.29, 0.717) is 19.6 Å². The number of hydrogen-bond donors (Lipinski definition) is 2. The topological polar surface area (TPSA) is 67.6 Å². The van der Waals surface area contributed by atoms with Gasteiger partial charge in [-0.25, -0.2) is 0 Å².